The van der Waals surface area contributed by atoms with Gasteiger partial charge >= 0.3 is 0 Å². The van der Waals surface area contributed by atoms with Gasteiger partial charge in [0, 0.05) is 61.8 Å². The van der Waals surface area contributed by atoms with E-state index >= 15 is 0 Å². The second kappa shape index (κ2) is 9.43. The van der Waals surface area contributed by atoms with Crippen molar-refractivity contribution in [1.29, 1.82) is 0 Å². The Morgan fingerprint density at radius 2 is 1.97 bits per heavy atom. The average Bonchev–Trinajstić information content (AvgIpc) is 2.97. The van der Waals surface area contributed by atoms with Gasteiger partial charge in [-0.15, -0.1) is 0 Å². The first-order valence-electron chi connectivity index (χ1n) is 10.6. The summed E-state index contributed by atoms with van der Waals surface area (Å²) in [6.07, 6.45) is 3.31. The molecule has 1 amide bonds. The van der Waals surface area contributed by atoms with Gasteiger partial charge in [0.1, 0.15) is 5.82 Å². The van der Waals surface area contributed by atoms with Gasteiger partial charge in [0.25, 0.3) is 0 Å². The maximum Gasteiger partial charge on any atom is 0.244 e. The molecule has 2 heterocycles. The molecule has 162 valence electrons. The molecule has 1 aromatic carbocycles. The van der Waals surface area contributed by atoms with Gasteiger partial charge in [-0.3, -0.25) is 9.48 Å². The van der Waals surface area contributed by atoms with Crippen LogP contribution in [0.2, 0.25) is 0 Å². The minimum atomic E-state index is -0.312. The van der Waals surface area contributed by atoms with Gasteiger partial charge in [-0.2, -0.15) is 5.10 Å². The van der Waals surface area contributed by atoms with Crippen LogP contribution in [0.25, 0.3) is 6.08 Å². The summed E-state index contributed by atoms with van der Waals surface area (Å²) < 4.78 is 15.8. The molecule has 1 atom stereocenters. The third-order valence-electron chi connectivity index (χ3n) is 5.94. The van der Waals surface area contributed by atoms with Gasteiger partial charge in [0.15, 0.2) is 0 Å². The third kappa shape index (κ3) is 4.90. The predicted molar refractivity (Wildman–Crippen MR) is 119 cm³/mol. The van der Waals surface area contributed by atoms with Crippen molar-refractivity contribution < 1.29 is 9.18 Å². The second-order valence-corrected chi connectivity index (χ2v) is 7.90. The number of hydrogen-bond acceptors (Lipinski definition) is 4. The maximum absolute atomic E-state index is 14.0. The first-order valence-corrected chi connectivity index (χ1v) is 10.6. The molecule has 1 fully saturated rings. The molecule has 1 saturated heterocycles. The highest BCUT2D eigenvalue weighted by Crippen LogP contribution is 2.28. The third-order valence-corrected chi connectivity index (χ3v) is 5.94. The molecule has 0 spiro atoms. The first-order chi connectivity index (χ1) is 14.3. The molecule has 1 unspecified atom stereocenters. The molecule has 1 aromatic heterocycles. The first kappa shape index (κ1) is 22.0. The Balaban J connectivity index is 1.73. The quantitative estimate of drug-likeness (QED) is 0.739. The molecule has 2 aromatic rings. The van der Waals surface area contributed by atoms with E-state index in [9.17, 15) is 9.18 Å². The lowest BCUT2D eigenvalue weighted by molar-refractivity contribution is -0.117. The molecular weight excluding hydrogens is 381 g/mol. The van der Waals surface area contributed by atoms with Crippen LogP contribution in [0.1, 0.15) is 42.4 Å². The summed E-state index contributed by atoms with van der Waals surface area (Å²) in [5, 5.41) is 7.35. The summed E-state index contributed by atoms with van der Waals surface area (Å²) in [5.41, 5.74) is 4.62. The van der Waals surface area contributed by atoms with E-state index in [1.54, 1.807) is 10.8 Å². The number of anilines is 1. The van der Waals surface area contributed by atoms with Gasteiger partial charge < -0.3 is 15.1 Å². The van der Waals surface area contributed by atoms with Gasteiger partial charge in [0.2, 0.25) is 5.91 Å². The Morgan fingerprint density at radius 3 is 2.57 bits per heavy atom. The highest BCUT2D eigenvalue weighted by atomic mass is 19.1. The number of halogens is 1. The fraction of sp³-hybridized carbons (Fsp3) is 0.478. The number of nitrogens with one attached hydrogen (secondary N) is 1. The van der Waals surface area contributed by atoms with E-state index in [4.69, 9.17) is 0 Å². The van der Waals surface area contributed by atoms with Crippen LogP contribution in [-0.2, 0) is 11.8 Å². The Morgan fingerprint density at radius 1 is 1.27 bits per heavy atom. The number of aryl methyl sites for hydroxylation is 2. The number of hydrogen-bond donors (Lipinski definition) is 1. The van der Waals surface area contributed by atoms with E-state index in [1.165, 1.54) is 18.2 Å². The van der Waals surface area contributed by atoms with E-state index in [2.05, 4.69) is 27.1 Å². The molecule has 3 rings (SSSR count). The zero-order valence-corrected chi connectivity index (χ0v) is 18.6. The smallest absolute Gasteiger partial charge is 0.244 e. The van der Waals surface area contributed by atoms with Crippen LogP contribution in [0.4, 0.5) is 10.1 Å². The SMILES string of the molecule is CCN1CCN(c2ccc(F)cc2C(C)NC(=O)/C=C/c2c(C)nn(C)c2C)CC1. The number of aromatic nitrogens is 2. The normalized spacial score (nSPS) is 16.3. The van der Waals surface area contributed by atoms with Crippen molar-refractivity contribution in [3.05, 3.63) is 52.6 Å². The molecule has 0 aliphatic carbocycles. The minimum absolute atomic E-state index is 0.212. The number of rotatable bonds is 6. The largest absolute Gasteiger partial charge is 0.369 e. The predicted octanol–water partition coefficient (Wildman–Crippen LogP) is 3.21. The number of carbonyl (C=O) groups excluding carboxylic acids is 1. The fourth-order valence-corrected chi connectivity index (χ4v) is 3.99. The van der Waals surface area contributed by atoms with E-state index in [-0.39, 0.29) is 17.8 Å². The Labute approximate surface area is 178 Å². The van der Waals surface area contributed by atoms with Gasteiger partial charge in [-0.1, -0.05) is 6.92 Å². The van der Waals surface area contributed by atoms with Gasteiger partial charge in [-0.25, -0.2) is 4.39 Å². The van der Waals surface area contributed by atoms with Crippen LogP contribution in [0.5, 0.6) is 0 Å². The molecule has 0 radical (unpaired) electrons. The monoisotopic (exact) mass is 413 g/mol. The molecule has 30 heavy (non-hydrogen) atoms. The van der Waals surface area contributed by atoms with Crippen LogP contribution >= 0.6 is 0 Å². The second-order valence-electron chi connectivity index (χ2n) is 7.90. The van der Waals surface area contributed by atoms with Crippen molar-refractivity contribution >= 4 is 17.7 Å². The highest BCUT2D eigenvalue weighted by molar-refractivity contribution is 5.92. The van der Waals surface area contributed by atoms with Crippen molar-refractivity contribution in [1.82, 2.24) is 20.0 Å². The lowest BCUT2D eigenvalue weighted by atomic mass is 10.0. The number of nitrogens with zero attached hydrogens (tertiary/aromatic N) is 4. The Kier molecular flexibility index (Phi) is 6.92. The van der Waals surface area contributed by atoms with Gasteiger partial charge in [0.05, 0.1) is 11.7 Å². The zero-order chi connectivity index (χ0) is 21.8. The summed E-state index contributed by atoms with van der Waals surface area (Å²) in [4.78, 5) is 17.2. The molecule has 0 saturated carbocycles. The molecule has 7 heteroatoms. The van der Waals surface area contributed by atoms with E-state index < -0.39 is 0 Å². The Hall–Kier alpha value is -2.67. The minimum Gasteiger partial charge on any atom is -0.369 e. The zero-order valence-electron chi connectivity index (χ0n) is 18.6. The molecular formula is C23H32FN5O. The topological polar surface area (TPSA) is 53.4 Å². The van der Waals surface area contributed by atoms with Crippen molar-refractivity contribution in [2.24, 2.45) is 7.05 Å². The molecule has 1 N–H and O–H groups in total. The van der Waals surface area contributed by atoms with Crippen molar-refractivity contribution in [2.75, 3.05) is 37.6 Å². The summed E-state index contributed by atoms with van der Waals surface area (Å²) in [6.45, 7) is 12.8. The van der Waals surface area contributed by atoms with Crippen molar-refractivity contribution in [2.45, 2.75) is 33.7 Å². The van der Waals surface area contributed by atoms with E-state index in [0.717, 1.165) is 60.9 Å². The summed E-state index contributed by atoms with van der Waals surface area (Å²) in [6, 6.07) is 4.54. The lowest BCUT2D eigenvalue weighted by Gasteiger charge is -2.37. The number of carbonyl (C=O) groups is 1. The molecule has 0 bridgehead atoms. The van der Waals surface area contributed by atoms with Crippen LogP contribution in [0, 0.1) is 19.7 Å². The molecule has 6 nitrogen and oxygen atoms in total. The van der Waals surface area contributed by atoms with Crippen LogP contribution in [0.15, 0.2) is 24.3 Å². The number of likely N-dealkylation sites (N-methyl/N-ethyl adjacent to an activating group) is 1. The van der Waals surface area contributed by atoms with Crippen LogP contribution in [0.3, 0.4) is 0 Å². The van der Waals surface area contributed by atoms with Crippen LogP contribution in [-0.4, -0.2) is 53.3 Å². The number of amides is 1. The van der Waals surface area contributed by atoms with E-state index in [0.29, 0.717) is 0 Å². The molecule has 1 aliphatic rings. The van der Waals surface area contributed by atoms with E-state index in [1.807, 2.05) is 33.9 Å². The average molecular weight is 414 g/mol. The van der Waals surface area contributed by atoms with Gasteiger partial charge in [-0.05, 0) is 51.6 Å². The summed E-state index contributed by atoms with van der Waals surface area (Å²) >= 11 is 0. The summed E-state index contributed by atoms with van der Waals surface area (Å²) in [7, 11) is 1.88. The van der Waals surface area contributed by atoms with Crippen molar-refractivity contribution in [3.63, 3.8) is 0 Å². The number of benzene rings is 1. The number of piperazine rings is 1. The maximum atomic E-state index is 14.0. The lowest BCUT2D eigenvalue weighted by Crippen LogP contribution is -2.46. The highest BCUT2D eigenvalue weighted by Gasteiger charge is 2.21. The standard InChI is InChI=1S/C23H32FN5O/c1-6-28-11-13-29(14-12-28)22-9-7-19(24)15-21(22)16(2)25-23(30)10-8-20-17(3)26-27(5)18(20)4/h7-10,15-16H,6,11-14H2,1-5H3,(H,25,30)/b10-8+. The molecule has 1 aliphatic heterocycles. The Bertz CT molecular complexity index is 928. The summed E-state index contributed by atoms with van der Waals surface area (Å²) in [5.74, 6) is -0.504. The fourth-order valence-electron chi connectivity index (χ4n) is 3.99. The van der Waals surface area contributed by atoms with Crippen LogP contribution < -0.4 is 10.2 Å². The van der Waals surface area contributed by atoms with Crippen molar-refractivity contribution in [3.8, 4) is 0 Å².